The highest BCUT2D eigenvalue weighted by Crippen LogP contribution is 2.12. The minimum absolute atomic E-state index is 0.300. The monoisotopic (exact) mass is 247 g/mol. The second kappa shape index (κ2) is 6.75. The van der Waals surface area contributed by atoms with Gasteiger partial charge in [0.2, 0.25) is 5.91 Å². The molecule has 6 heteroatoms. The summed E-state index contributed by atoms with van der Waals surface area (Å²) in [5.74, 6) is -0.575. The molecule has 92 valence electrons. The lowest BCUT2D eigenvalue weighted by Crippen LogP contribution is -2.45. The number of thioether (sulfide) groups is 1. The van der Waals surface area contributed by atoms with E-state index in [-0.39, 0.29) is 5.91 Å². The highest BCUT2D eigenvalue weighted by atomic mass is 32.2. The molecule has 2 atom stereocenters. The van der Waals surface area contributed by atoms with Crippen LogP contribution in [0.3, 0.4) is 0 Å². The van der Waals surface area contributed by atoms with E-state index in [1.165, 1.54) is 0 Å². The maximum absolute atomic E-state index is 11.6. The Morgan fingerprint density at radius 2 is 2.38 bits per heavy atom. The lowest BCUT2D eigenvalue weighted by Gasteiger charge is -2.16. The molecule has 2 unspecified atom stereocenters. The third-order valence-electron chi connectivity index (χ3n) is 2.45. The summed E-state index contributed by atoms with van der Waals surface area (Å²) in [6.07, 6.45) is 3.42. The van der Waals surface area contributed by atoms with Gasteiger partial charge in [0.05, 0.1) is 0 Å². The molecule has 1 saturated heterocycles. The number of aliphatic carboxylic acids is 1. The van der Waals surface area contributed by atoms with Gasteiger partial charge in [-0.25, -0.2) is 4.79 Å². The Bertz CT molecular complexity index is 253. The average Bonchev–Trinajstić information content (AvgIpc) is 2.76. The van der Waals surface area contributed by atoms with Crippen LogP contribution >= 0.6 is 11.8 Å². The predicted octanol–water partition coefficient (Wildman–Crippen LogP) is 0.488. The van der Waals surface area contributed by atoms with E-state index < -0.39 is 18.1 Å². The van der Waals surface area contributed by atoms with Crippen molar-refractivity contribution >= 4 is 23.6 Å². The Labute approximate surface area is 98.9 Å². The van der Waals surface area contributed by atoms with Gasteiger partial charge in [0.25, 0.3) is 0 Å². The number of hydrogen-bond acceptors (Lipinski definition) is 4. The topological polar surface area (TPSA) is 75.6 Å². The summed E-state index contributed by atoms with van der Waals surface area (Å²) in [7, 11) is 0. The number of ether oxygens (including phenoxy) is 1. The fourth-order valence-corrected chi connectivity index (χ4v) is 2.01. The molecular weight excluding hydrogens is 230 g/mol. The molecule has 0 aromatic carbocycles. The molecule has 1 heterocycles. The second-order valence-corrected chi connectivity index (χ2v) is 4.67. The maximum Gasteiger partial charge on any atom is 0.326 e. The van der Waals surface area contributed by atoms with Gasteiger partial charge >= 0.3 is 5.97 Å². The minimum Gasteiger partial charge on any atom is -0.480 e. The first kappa shape index (κ1) is 13.3. The highest BCUT2D eigenvalue weighted by Gasteiger charge is 2.27. The van der Waals surface area contributed by atoms with Gasteiger partial charge in [0, 0.05) is 6.61 Å². The maximum atomic E-state index is 11.6. The molecule has 0 spiro atoms. The van der Waals surface area contributed by atoms with Gasteiger partial charge in [-0.1, -0.05) is 0 Å². The van der Waals surface area contributed by atoms with Gasteiger partial charge in [0.1, 0.15) is 12.1 Å². The van der Waals surface area contributed by atoms with E-state index in [1.807, 2.05) is 6.26 Å². The van der Waals surface area contributed by atoms with Crippen molar-refractivity contribution in [2.75, 3.05) is 18.6 Å². The smallest absolute Gasteiger partial charge is 0.326 e. The van der Waals surface area contributed by atoms with Crippen molar-refractivity contribution in [3.63, 3.8) is 0 Å². The highest BCUT2D eigenvalue weighted by molar-refractivity contribution is 7.98. The zero-order valence-electron chi connectivity index (χ0n) is 9.27. The summed E-state index contributed by atoms with van der Waals surface area (Å²) in [5, 5.41) is 11.4. The number of carbonyl (C=O) groups is 2. The first-order chi connectivity index (χ1) is 7.65. The van der Waals surface area contributed by atoms with Gasteiger partial charge in [-0.05, 0) is 31.3 Å². The summed E-state index contributed by atoms with van der Waals surface area (Å²) in [6.45, 7) is 0.584. The molecular formula is C10H17NO4S. The molecule has 0 bridgehead atoms. The summed E-state index contributed by atoms with van der Waals surface area (Å²) in [5.41, 5.74) is 0. The molecule has 1 amide bonds. The van der Waals surface area contributed by atoms with Gasteiger partial charge in [-0.15, -0.1) is 0 Å². The number of hydrogen-bond donors (Lipinski definition) is 2. The van der Waals surface area contributed by atoms with Crippen LogP contribution in [-0.4, -0.2) is 47.7 Å². The lowest BCUT2D eigenvalue weighted by molar-refractivity contribution is -0.143. The van der Waals surface area contributed by atoms with E-state index >= 15 is 0 Å². The number of carbonyl (C=O) groups excluding carboxylic acids is 1. The quantitative estimate of drug-likeness (QED) is 0.714. The Kier molecular flexibility index (Phi) is 5.62. The minimum atomic E-state index is -0.986. The Morgan fingerprint density at radius 3 is 2.88 bits per heavy atom. The number of carboxylic acids is 1. The number of carboxylic acid groups (broad SMARTS) is 1. The van der Waals surface area contributed by atoms with Crippen LogP contribution < -0.4 is 5.32 Å². The fraction of sp³-hybridized carbons (Fsp3) is 0.800. The van der Waals surface area contributed by atoms with Crippen molar-refractivity contribution in [3.05, 3.63) is 0 Å². The Balaban J connectivity index is 2.40. The molecule has 0 radical (unpaired) electrons. The van der Waals surface area contributed by atoms with Crippen LogP contribution in [0.5, 0.6) is 0 Å². The molecule has 1 aliphatic heterocycles. The van der Waals surface area contributed by atoms with Crippen molar-refractivity contribution in [2.24, 2.45) is 0 Å². The van der Waals surface area contributed by atoms with Crippen LogP contribution in [0.2, 0.25) is 0 Å². The van der Waals surface area contributed by atoms with Crippen LogP contribution in [0, 0.1) is 0 Å². The number of rotatable bonds is 6. The molecule has 16 heavy (non-hydrogen) atoms. The van der Waals surface area contributed by atoms with E-state index in [0.717, 1.165) is 6.42 Å². The molecule has 1 fully saturated rings. The molecule has 2 N–H and O–H groups in total. The van der Waals surface area contributed by atoms with Gasteiger partial charge in [-0.3, -0.25) is 4.79 Å². The van der Waals surface area contributed by atoms with E-state index in [4.69, 9.17) is 9.84 Å². The molecule has 5 nitrogen and oxygen atoms in total. The van der Waals surface area contributed by atoms with Crippen molar-refractivity contribution in [1.29, 1.82) is 0 Å². The fourth-order valence-electron chi connectivity index (χ4n) is 1.54. The second-order valence-electron chi connectivity index (χ2n) is 3.68. The normalized spacial score (nSPS) is 21.7. The van der Waals surface area contributed by atoms with Crippen LogP contribution in [-0.2, 0) is 14.3 Å². The Morgan fingerprint density at radius 1 is 1.62 bits per heavy atom. The molecule has 1 aliphatic rings. The first-order valence-corrected chi connectivity index (χ1v) is 6.68. The first-order valence-electron chi connectivity index (χ1n) is 5.29. The summed E-state index contributed by atoms with van der Waals surface area (Å²) < 4.78 is 5.19. The summed E-state index contributed by atoms with van der Waals surface area (Å²) >= 11 is 1.56. The third kappa shape index (κ3) is 4.02. The van der Waals surface area contributed by atoms with E-state index in [1.54, 1.807) is 11.8 Å². The zero-order valence-corrected chi connectivity index (χ0v) is 10.1. The predicted molar refractivity (Wildman–Crippen MR) is 61.5 cm³/mol. The van der Waals surface area contributed by atoms with Gasteiger partial charge in [-0.2, -0.15) is 11.8 Å². The van der Waals surface area contributed by atoms with Gasteiger partial charge in [0.15, 0.2) is 0 Å². The Hall–Kier alpha value is -0.750. The zero-order chi connectivity index (χ0) is 12.0. The molecule has 0 aromatic heterocycles. The number of nitrogens with one attached hydrogen (secondary N) is 1. The molecule has 0 aromatic rings. The van der Waals surface area contributed by atoms with Crippen molar-refractivity contribution < 1.29 is 19.4 Å². The molecule has 0 aliphatic carbocycles. The number of amides is 1. The largest absolute Gasteiger partial charge is 0.480 e. The van der Waals surface area contributed by atoms with E-state index in [2.05, 4.69) is 5.32 Å². The standard InChI is InChI=1S/C10H17NO4S/c1-16-6-4-7(10(13)14)11-9(12)8-3-2-5-15-8/h7-8H,2-6H2,1H3,(H,11,12)(H,13,14). The van der Waals surface area contributed by atoms with Crippen LogP contribution in [0.15, 0.2) is 0 Å². The van der Waals surface area contributed by atoms with E-state index in [0.29, 0.717) is 25.2 Å². The van der Waals surface area contributed by atoms with E-state index in [9.17, 15) is 9.59 Å². The van der Waals surface area contributed by atoms with Crippen LogP contribution in [0.25, 0.3) is 0 Å². The van der Waals surface area contributed by atoms with Crippen LogP contribution in [0.1, 0.15) is 19.3 Å². The van der Waals surface area contributed by atoms with Crippen molar-refractivity contribution in [2.45, 2.75) is 31.4 Å². The summed E-state index contributed by atoms with van der Waals surface area (Å²) in [4.78, 5) is 22.5. The molecule has 0 saturated carbocycles. The van der Waals surface area contributed by atoms with Crippen molar-refractivity contribution in [3.8, 4) is 0 Å². The lowest BCUT2D eigenvalue weighted by atomic mass is 10.2. The van der Waals surface area contributed by atoms with Crippen LogP contribution in [0.4, 0.5) is 0 Å². The third-order valence-corrected chi connectivity index (χ3v) is 3.09. The summed E-state index contributed by atoms with van der Waals surface area (Å²) in [6, 6.07) is -0.802. The van der Waals surface area contributed by atoms with Crippen molar-refractivity contribution in [1.82, 2.24) is 5.32 Å². The SMILES string of the molecule is CSCCC(NC(=O)C1CCCO1)C(=O)O. The molecule has 1 rings (SSSR count). The average molecular weight is 247 g/mol. The van der Waals surface area contributed by atoms with Gasteiger partial charge < -0.3 is 15.2 Å².